The molecule has 3 heterocycles. The van der Waals surface area contributed by atoms with Gasteiger partial charge in [-0.05, 0) is 77.0 Å². The van der Waals surface area contributed by atoms with Crippen molar-refractivity contribution in [3.8, 4) is 0 Å². The number of likely N-dealkylation sites (tertiary alicyclic amines) is 1. The first kappa shape index (κ1) is 24.4. The lowest BCUT2D eigenvalue weighted by Crippen LogP contribution is -2.53. The summed E-state index contributed by atoms with van der Waals surface area (Å²) in [6.07, 6.45) is 4.13. The fraction of sp³-hybridized carbons (Fsp3) is 0.704. The number of nitrogens with one attached hydrogen (secondary N) is 1. The molecule has 8 nitrogen and oxygen atoms in total. The van der Waals surface area contributed by atoms with Crippen LogP contribution in [0, 0.1) is 5.92 Å². The first-order valence-corrected chi connectivity index (χ1v) is 13.3. The Morgan fingerprint density at radius 1 is 1.09 bits per heavy atom. The number of aromatic amines is 1. The minimum Gasteiger partial charge on any atom is -0.444 e. The summed E-state index contributed by atoms with van der Waals surface area (Å²) in [5.41, 5.74) is 2.87. The molecule has 2 aromatic rings. The Hall–Kier alpha value is -2.32. The second kappa shape index (κ2) is 9.62. The number of hydrogen-bond donors (Lipinski definition) is 1. The standard InChI is InChI=1S/C27H41N5O3/c1-19-16-29(17-21-5-8-23-24(15-21)32(22-6-7-22)25(33)28-23)13-14-31(19)18-20-9-11-30(12-10-20)26(34)35-27(2,3)4/h5,8,15,19-20,22H,6-7,9-14,16-18H2,1-4H3,(H,28,33)/t19-/m0/s1. The second-order valence-electron chi connectivity index (χ2n) is 11.9. The van der Waals surface area contributed by atoms with Crippen molar-refractivity contribution in [3.63, 3.8) is 0 Å². The third-order valence-corrected chi connectivity index (χ3v) is 7.71. The van der Waals surface area contributed by atoms with Crippen molar-refractivity contribution >= 4 is 17.1 Å². The van der Waals surface area contributed by atoms with Crippen molar-refractivity contribution in [2.75, 3.05) is 39.3 Å². The molecule has 3 aliphatic rings. The minimum atomic E-state index is -0.437. The molecule has 3 fully saturated rings. The van der Waals surface area contributed by atoms with Crippen molar-refractivity contribution < 1.29 is 9.53 Å². The molecule has 1 saturated carbocycles. The molecule has 192 valence electrons. The summed E-state index contributed by atoms with van der Waals surface area (Å²) >= 11 is 0. The van der Waals surface area contributed by atoms with Crippen LogP contribution in [0.1, 0.15) is 65.0 Å². The maximum absolute atomic E-state index is 12.3. The van der Waals surface area contributed by atoms with Crippen LogP contribution in [0.4, 0.5) is 4.79 Å². The summed E-state index contributed by atoms with van der Waals surface area (Å²) in [5, 5.41) is 0. The molecule has 1 aliphatic carbocycles. The number of aromatic nitrogens is 2. The monoisotopic (exact) mass is 483 g/mol. The summed E-state index contributed by atoms with van der Waals surface area (Å²) < 4.78 is 7.49. The molecule has 35 heavy (non-hydrogen) atoms. The van der Waals surface area contributed by atoms with E-state index in [1.54, 1.807) is 0 Å². The van der Waals surface area contributed by atoms with Crippen molar-refractivity contribution in [1.82, 2.24) is 24.3 Å². The van der Waals surface area contributed by atoms with E-state index in [-0.39, 0.29) is 11.8 Å². The van der Waals surface area contributed by atoms with E-state index in [1.807, 2.05) is 30.2 Å². The molecule has 0 radical (unpaired) electrons. The largest absolute Gasteiger partial charge is 0.444 e. The zero-order valence-electron chi connectivity index (χ0n) is 21.8. The molecule has 0 unspecified atom stereocenters. The predicted molar refractivity (Wildman–Crippen MR) is 138 cm³/mol. The number of nitrogens with zero attached hydrogens (tertiary/aromatic N) is 4. The van der Waals surface area contributed by atoms with Gasteiger partial charge in [0.1, 0.15) is 5.60 Å². The molecule has 1 atom stereocenters. The Balaban J connectivity index is 1.11. The van der Waals surface area contributed by atoms with Crippen LogP contribution in [0.3, 0.4) is 0 Å². The Bertz CT molecular complexity index is 1100. The highest BCUT2D eigenvalue weighted by atomic mass is 16.6. The van der Waals surface area contributed by atoms with E-state index in [0.29, 0.717) is 18.0 Å². The number of piperazine rings is 1. The van der Waals surface area contributed by atoms with Crippen LogP contribution < -0.4 is 5.69 Å². The second-order valence-corrected chi connectivity index (χ2v) is 11.9. The fourth-order valence-corrected chi connectivity index (χ4v) is 5.66. The normalized spacial score (nSPS) is 23.2. The summed E-state index contributed by atoms with van der Waals surface area (Å²) in [6.45, 7) is 14.9. The van der Waals surface area contributed by atoms with Crippen LogP contribution >= 0.6 is 0 Å². The van der Waals surface area contributed by atoms with Crippen molar-refractivity contribution in [1.29, 1.82) is 0 Å². The number of H-pyrrole nitrogens is 1. The number of carbonyl (C=O) groups excluding carboxylic acids is 1. The van der Waals surface area contributed by atoms with E-state index in [2.05, 4.69) is 39.9 Å². The molecule has 5 rings (SSSR count). The van der Waals surface area contributed by atoms with Crippen molar-refractivity contribution in [2.45, 2.75) is 77.6 Å². The quantitative estimate of drug-likeness (QED) is 0.700. The van der Waals surface area contributed by atoms with Crippen LogP contribution in [0.25, 0.3) is 11.0 Å². The Labute approximate surface area is 208 Å². The molecule has 1 aromatic carbocycles. The number of rotatable bonds is 5. The third-order valence-electron chi connectivity index (χ3n) is 7.71. The first-order chi connectivity index (χ1) is 16.7. The average Bonchev–Trinajstić information content (AvgIpc) is 3.56. The van der Waals surface area contributed by atoms with Gasteiger partial charge in [0.2, 0.25) is 0 Å². The SMILES string of the molecule is C[C@H]1CN(Cc2ccc3[nH]c(=O)n(C4CC4)c3c2)CCN1CC1CCN(C(=O)OC(C)(C)C)CC1. The number of hydrogen-bond acceptors (Lipinski definition) is 5. The molecule has 2 aliphatic heterocycles. The zero-order valence-corrected chi connectivity index (χ0v) is 21.8. The minimum absolute atomic E-state index is 0.0267. The third kappa shape index (κ3) is 5.75. The Morgan fingerprint density at radius 3 is 2.49 bits per heavy atom. The predicted octanol–water partition coefficient (Wildman–Crippen LogP) is 3.82. The van der Waals surface area contributed by atoms with Crippen LogP contribution in [-0.2, 0) is 11.3 Å². The first-order valence-electron chi connectivity index (χ1n) is 13.3. The van der Waals surface area contributed by atoms with Gasteiger partial charge in [0.15, 0.2) is 0 Å². The number of imidazole rings is 1. The van der Waals surface area contributed by atoms with Gasteiger partial charge in [-0.25, -0.2) is 9.59 Å². The molecule has 0 bridgehead atoms. The maximum atomic E-state index is 12.3. The molecular formula is C27H41N5O3. The van der Waals surface area contributed by atoms with Gasteiger partial charge in [0.05, 0.1) is 11.0 Å². The smallest absolute Gasteiger partial charge is 0.410 e. The van der Waals surface area contributed by atoms with Crippen molar-refractivity contribution in [2.24, 2.45) is 5.92 Å². The van der Waals surface area contributed by atoms with E-state index >= 15 is 0 Å². The molecule has 1 aromatic heterocycles. The molecule has 8 heteroatoms. The molecule has 0 spiro atoms. The lowest BCUT2D eigenvalue weighted by molar-refractivity contribution is 0.0133. The maximum Gasteiger partial charge on any atom is 0.410 e. The molecule has 1 amide bonds. The number of benzene rings is 1. The van der Waals surface area contributed by atoms with Gasteiger partial charge < -0.3 is 14.6 Å². The summed E-state index contributed by atoms with van der Waals surface area (Å²) in [4.78, 5) is 34.7. The van der Waals surface area contributed by atoms with Gasteiger partial charge in [0.25, 0.3) is 0 Å². The number of carbonyl (C=O) groups is 1. The van der Waals surface area contributed by atoms with E-state index in [4.69, 9.17) is 4.74 Å². The van der Waals surface area contributed by atoms with E-state index in [9.17, 15) is 9.59 Å². The number of amides is 1. The molecular weight excluding hydrogens is 442 g/mol. The lowest BCUT2D eigenvalue weighted by atomic mass is 9.95. The zero-order chi connectivity index (χ0) is 24.7. The lowest BCUT2D eigenvalue weighted by Gasteiger charge is -2.42. The van der Waals surface area contributed by atoms with Crippen LogP contribution in [-0.4, -0.2) is 81.3 Å². The van der Waals surface area contributed by atoms with Gasteiger partial charge in [-0.1, -0.05) is 6.07 Å². The highest BCUT2D eigenvalue weighted by Gasteiger charge is 2.31. The fourth-order valence-electron chi connectivity index (χ4n) is 5.66. The molecule has 1 N–H and O–H groups in total. The number of fused-ring (bicyclic) bond motifs is 1. The van der Waals surface area contributed by atoms with Crippen LogP contribution in [0.15, 0.2) is 23.0 Å². The summed E-state index contributed by atoms with van der Waals surface area (Å²) in [7, 11) is 0. The van der Waals surface area contributed by atoms with Gasteiger partial charge >= 0.3 is 11.8 Å². The van der Waals surface area contributed by atoms with E-state index < -0.39 is 5.60 Å². The Kier molecular flexibility index (Phi) is 6.70. The van der Waals surface area contributed by atoms with Gasteiger partial charge in [0, 0.05) is 57.9 Å². The van der Waals surface area contributed by atoms with Gasteiger partial charge in [-0.3, -0.25) is 14.4 Å². The average molecular weight is 484 g/mol. The van der Waals surface area contributed by atoms with Crippen LogP contribution in [0.2, 0.25) is 0 Å². The van der Waals surface area contributed by atoms with Gasteiger partial charge in [-0.2, -0.15) is 0 Å². The van der Waals surface area contributed by atoms with Gasteiger partial charge in [-0.15, -0.1) is 0 Å². The molecule has 2 saturated heterocycles. The Morgan fingerprint density at radius 2 is 1.83 bits per heavy atom. The van der Waals surface area contributed by atoms with Crippen molar-refractivity contribution in [3.05, 3.63) is 34.2 Å². The summed E-state index contributed by atoms with van der Waals surface area (Å²) in [5.74, 6) is 0.637. The number of piperidine rings is 1. The topological polar surface area (TPSA) is 73.8 Å². The number of ether oxygens (including phenoxy) is 1. The highest BCUT2D eigenvalue weighted by molar-refractivity contribution is 5.76. The highest BCUT2D eigenvalue weighted by Crippen LogP contribution is 2.36. The van der Waals surface area contributed by atoms with Crippen LogP contribution in [0.5, 0.6) is 0 Å². The summed E-state index contributed by atoms with van der Waals surface area (Å²) in [6, 6.07) is 7.32. The van der Waals surface area contributed by atoms with E-state index in [0.717, 1.165) is 82.5 Å². The van der Waals surface area contributed by atoms with E-state index in [1.165, 1.54) is 5.56 Å².